The number of halogens is 1. The van der Waals surface area contributed by atoms with E-state index in [1.165, 1.54) is 26.4 Å². The average Bonchev–Trinajstić information content (AvgIpc) is 2.88. The maximum Gasteiger partial charge on any atom is 0.326 e. The summed E-state index contributed by atoms with van der Waals surface area (Å²) in [4.78, 5) is 38.1. The molecule has 0 fully saturated rings. The minimum Gasteiger partial charge on any atom is -0.497 e. The largest absolute Gasteiger partial charge is 0.497 e. The van der Waals surface area contributed by atoms with E-state index in [4.69, 9.17) is 25.8 Å². The van der Waals surface area contributed by atoms with Crippen LogP contribution in [0.4, 0.5) is 5.69 Å². The summed E-state index contributed by atoms with van der Waals surface area (Å²) in [6, 6.07) is 18.3. The first-order chi connectivity index (χ1) is 16.8. The number of esters is 1. The molecule has 1 atom stereocenters. The Kier molecular flexibility index (Phi) is 8.69. The van der Waals surface area contributed by atoms with Crippen molar-refractivity contribution in [1.82, 2.24) is 5.32 Å². The number of hydrogen-bond donors (Lipinski definition) is 2. The highest BCUT2D eigenvalue weighted by molar-refractivity contribution is 6.31. The molecule has 0 aliphatic heterocycles. The molecule has 0 aromatic heterocycles. The van der Waals surface area contributed by atoms with E-state index >= 15 is 0 Å². The number of carbonyl (C=O) groups is 3. The molecule has 0 radical (unpaired) electrons. The Morgan fingerprint density at radius 2 is 1.57 bits per heavy atom. The zero-order valence-electron chi connectivity index (χ0n) is 19.5. The molecule has 0 spiro atoms. The van der Waals surface area contributed by atoms with Crippen molar-refractivity contribution in [2.75, 3.05) is 26.1 Å². The van der Waals surface area contributed by atoms with Crippen LogP contribution in [0.25, 0.3) is 0 Å². The molecule has 35 heavy (non-hydrogen) atoms. The first-order valence-corrected chi connectivity index (χ1v) is 11.0. The highest BCUT2D eigenvalue weighted by Crippen LogP contribution is 2.24. The van der Waals surface area contributed by atoms with Crippen molar-refractivity contribution in [1.29, 1.82) is 0 Å². The molecule has 2 N–H and O–H groups in total. The minimum atomic E-state index is -1.24. The summed E-state index contributed by atoms with van der Waals surface area (Å²) in [5.41, 5.74) is 2.03. The van der Waals surface area contributed by atoms with Gasteiger partial charge in [0, 0.05) is 27.9 Å². The smallest absolute Gasteiger partial charge is 0.326 e. The van der Waals surface area contributed by atoms with Crippen LogP contribution in [-0.2, 0) is 14.3 Å². The maximum atomic E-state index is 13.0. The number of aryl methyl sites for hydroxylation is 1. The van der Waals surface area contributed by atoms with Crippen LogP contribution in [0.15, 0.2) is 66.7 Å². The van der Waals surface area contributed by atoms with Crippen LogP contribution in [0.1, 0.15) is 27.6 Å². The molecule has 3 aromatic carbocycles. The number of nitrogens with one attached hydrogen (secondary N) is 2. The molecular weight excluding hydrogens is 472 g/mol. The van der Waals surface area contributed by atoms with Gasteiger partial charge in [0.15, 0.2) is 0 Å². The summed E-state index contributed by atoms with van der Waals surface area (Å²) < 4.78 is 15.8. The van der Waals surface area contributed by atoms with Crippen molar-refractivity contribution in [2.24, 2.45) is 0 Å². The first-order valence-electron chi connectivity index (χ1n) is 10.6. The zero-order chi connectivity index (χ0) is 25.4. The third kappa shape index (κ3) is 6.97. The van der Waals surface area contributed by atoms with Gasteiger partial charge in [0.1, 0.15) is 18.0 Å². The van der Waals surface area contributed by atoms with E-state index in [1.807, 2.05) is 6.92 Å². The summed E-state index contributed by atoms with van der Waals surface area (Å²) in [7, 11) is 2.93. The van der Waals surface area contributed by atoms with Crippen molar-refractivity contribution < 1.29 is 28.6 Å². The number of rotatable bonds is 9. The molecule has 8 nitrogen and oxygen atoms in total. The topological polar surface area (TPSA) is 103 Å². The van der Waals surface area contributed by atoms with E-state index in [0.717, 1.165) is 5.56 Å². The Hall–Kier alpha value is -4.04. The van der Waals surface area contributed by atoms with Crippen molar-refractivity contribution in [3.05, 3.63) is 88.4 Å². The lowest BCUT2D eigenvalue weighted by Gasteiger charge is -2.18. The molecule has 3 aromatic rings. The third-order valence-electron chi connectivity index (χ3n) is 5.04. The van der Waals surface area contributed by atoms with Gasteiger partial charge in [0.05, 0.1) is 14.2 Å². The fourth-order valence-electron chi connectivity index (χ4n) is 3.15. The Morgan fingerprint density at radius 3 is 2.17 bits per heavy atom. The SMILES string of the molecule is COc1cc(OC)cc(C(=O)NCC(=O)OC(C(=O)Nc2ccc(C)c(Cl)c2)c2ccccc2)c1. The minimum absolute atomic E-state index is 0.239. The van der Waals surface area contributed by atoms with Crippen molar-refractivity contribution in [2.45, 2.75) is 13.0 Å². The lowest BCUT2D eigenvalue weighted by Crippen LogP contribution is -2.33. The number of carbonyl (C=O) groups excluding carboxylic acids is 3. The number of anilines is 1. The second-order valence-electron chi connectivity index (χ2n) is 7.52. The van der Waals surface area contributed by atoms with Gasteiger partial charge in [-0.25, -0.2) is 0 Å². The lowest BCUT2D eigenvalue weighted by molar-refractivity contribution is -0.153. The van der Waals surface area contributed by atoms with Gasteiger partial charge >= 0.3 is 5.97 Å². The van der Waals surface area contributed by atoms with Crippen LogP contribution in [-0.4, -0.2) is 38.5 Å². The number of amides is 2. The molecule has 3 rings (SSSR count). The monoisotopic (exact) mass is 496 g/mol. The summed E-state index contributed by atoms with van der Waals surface area (Å²) in [6.45, 7) is 1.39. The van der Waals surface area contributed by atoms with Crippen LogP contribution < -0.4 is 20.1 Å². The molecule has 0 saturated heterocycles. The summed E-state index contributed by atoms with van der Waals surface area (Å²) in [5, 5.41) is 5.69. The molecule has 1 unspecified atom stereocenters. The summed E-state index contributed by atoms with van der Waals surface area (Å²) in [5.74, 6) is -1.04. The molecule has 2 amide bonds. The zero-order valence-corrected chi connectivity index (χ0v) is 20.2. The third-order valence-corrected chi connectivity index (χ3v) is 5.44. The predicted molar refractivity (Wildman–Crippen MR) is 132 cm³/mol. The van der Waals surface area contributed by atoms with Gasteiger partial charge in [-0.15, -0.1) is 0 Å². The number of ether oxygens (including phenoxy) is 3. The van der Waals surface area contributed by atoms with E-state index in [-0.39, 0.29) is 5.56 Å². The fourth-order valence-corrected chi connectivity index (χ4v) is 3.33. The van der Waals surface area contributed by atoms with Crippen molar-refractivity contribution in [3.8, 4) is 11.5 Å². The molecule has 182 valence electrons. The maximum absolute atomic E-state index is 13.0. The number of benzene rings is 3. The Morgan fingerprint density at radius 1 is 0.914 bits per heavy atom. The van der Waals surface area contributed by atoms with Gasteiger partial charge in [0.2, 0.25) is 6.10 Å². The molecule has 9 heteroatoms. The second kappa shape index (κ2) is 11.9. The van der Waals surface area contributed by atoms with Crippen molar-refractivity contribution in [3.63, 3.8) is 0 Å². The van der Waals surface area contributed by atoms with Gasteiger partial charge in [-0.2, -0.15) is 0 Å². The Balaban J connectivity index is 1.69. The highest BCUT2D eigenvalue weighted by Gasteiger charge is 2.25. The normalized spacial score (nSPS) is 11.2. The quantitative estimate of drug-likeness (QED) is 0.428. The molecule has 0 heterocycles. The molecule has 0 bridgehead atoms. The molecular formula is C26H25ClN2O6. The van der Waals surface area contributed by atoms with Crippen LogP contribution >= 0.6 is 11.6 Å². The van der Waals surface area contributed by atoms with Crippen LogP contribution in [0.5, 0.6) is 11.5 Å². The van der Waals surface area contributed by atoms with E-state index in [0.29, 0.717) is 27.8 Å². The van der Waals surface area contributed by atoms with E-state index < -0.39 is 30.4 Å². The Bertz CT molecular complexity index is 1190. The molecule has 0 aliphatic rings. The predicted octanol–water partition coefficient (Wildman–Crippen LogP) is 4.32. The van der Waals surface area contributed by atoms with Crippen molar-refractivity contribution >= 4 is 35.1 Å². The highest BCUT2D eigenvalue weighted by atomic mass is 35.5. The molecule has 0 aliphatic carbocycles. The standard InChI is InChI=1S/C26H25ClN2O6/c1-16-9-10-19(13-22(16)27)29-26(32)24(17-7-5-4-6-8-17)35-23(30)15-28-25(31)18-11-20(33-2)14-21(12-18)34-3/h4-14,24H,15H2,1-3H3,(H,28,31)(H,29,32). The fraction of sp³-hybridized carbons (Fsp3) is 0.192. The van der Waals surface area contributed by atoms with Crippen LogP contribution in [0.2, 0.25) is 5.02 Å². The van der Waals surface area contributed by atoms with Gasteiger partial charge in [-0.3, -0.25) is 14.4 Å². The van der Waals surface area contributed by atoms with Gasteiger partial charge < -0.3 is 24.8 Å². The molecule has 0 saturated carbocycles. The Labute approximate surface area is 208 Å². The lowest BCUT2D eigenvalue weighted by atomic mass is 10.1. The number of hydrogen-bond acceptors (Lipinski definition) is 6. The van der Waals surface area contributed by atoms with E-state index in [9.17, 15) is 14.4 Å². The van der Waals surface area contributed by atoms with Crippen LogP contribution in [0.3, 0.4) is 0 Å². The number of methoxy groups -OCH3 is 2. The van der Waals surface area contributed by atoms with E-state index in [1.54, 1.807) is 54.6 Å². The van der Waals surface area contributed by atoms with Gasteiger partial charge in [0.25, 0.3) is 11.8 Å². The van der Waals surface area contributed by atoms with Gasteiger partial charge in [-0.1, -0.05) is 48.0 Å². The summed E-state index contributed by atoms with van der Waals surface area (Å²) in [6.07, 6.45) is -1.24. The summed E-state index contributed by atoms with van der Waals surface area (Å²) >= 11 is 6.15. The van der Waals surface area contributed by atoms with E-state index in [2.05, 4.69) is 10.6 Å². The first kappa shape index (κ1) is 25.6. The van der Waals surface area contributed by atoms with Gasteiger partial charge in [-0.05, 0) is 36.8 Å². The van der Waals surface area contributed by atoms with Crippen LogP contribution in [0, 0.1) is 6.92 Å². The average molecular weight is 497 g/mol. The second-order valence-corrected chi connectivity index (χ2v) is 7.93.